The molecule has 0 spiro atoms. The molecule has 0 bridgehead atoms. The second kappa shape index (κ2) is 7.53. The van der Waals surface area contributed by atoms with Crippen LogP contribution in [0.3, 0.4) is 0 Å². The Kier molecular flexibility index (Phi) is 5.05. The van der Waals surface area contributed by atoms with E-state index in [-0.39, 0.29) is 16.8 Å². The summed E-state index contributed by atoms with van der Waals surface area (Å²) in [7, 11) is -3.74. The molecule has 1 fully saturated rings. The van der Waals surface area contributed by atoms with E-state index in [4.69, 9.17) is 0 Å². The lowest BCUT2D eigenvalue weighted by atomic mass is 10.0. The number of hydrogen-bond donors (Lipinski definition) is 1. The summed E-state index contributed by atoms with van der Waals surface area (Å²) in [5.74, 6) is -0.649. The third-order valence-corrected chi connectivity index (χ3v) is 6.55. The van der Waals surface area contributed by atoms with Crippen LogP contribution in [0, 0.1) is 12.7 Å². The molecular formula is C19H20FN5O3S. The number of sulfonamides is 1. The zero-order chi connectivity index (χ0) is 20.6. The molecule has 2 aromatic heterocycles. The van der Waals surface area contributed by atoms with E-state index in [0.29, 0.717) is 42.8 Å². The number of benzene rings is 1. The average Bonchev–Trinajstić information content (AvgIpc) is 3.04. The van der Waals surface area contributed by atoms with Crippen LogP contribution < -0.4 is 4.72 Å². The molecule has 0 atom stereocenters. The molecule has 0 radical (unpaired) electrons. The fourth-order valence-electron chi connectivity index (χ4n) is 3.51. The number of carbonyl (C=O) groups excluding carboxylic acids is 1. The van der Waals surface area contributed by atoms with Crippen LogP contribution >= 0.6 is 0 Å². The van der Waals surface area contributed by atoms with E-state index in [9.17, 15) is 17.6 Å². The first-order valence-electron chi connectivity index (χ1n) is 9.22. The van der Waals surface area contributed by atoms with Gasteiger partial charge < -0.3 is 4.90 Å². The Morgan fingerprint density at radius 2 is 1.90 bits per heavy atom. The van der Waals surface area contributed by atoms with E-state index in [1.807, 2.05) is 0 Å². The van der Waals surface area contributed by atoms with Crippen LogP contribution in [0.1, 0.15) is 28.9 Å². The number of amides is 1. The maximum absolute atomic E-state index is 13.0. The van der Waals surface area contributed by atoms with Crippen LogP contribution in [0.25, 0.3) is 5.65 Å². The van der Waals surface area contributed by atoms with Crippen LogP contribution in [0.5, 0.6) is 0 Å². The summed E-state index contributed by atoms with van der Waals surface area (Å²) in [6.07, 6.45) is 4.32. The highest BCUT2D eigenvalue weighted by atomic mass is 32.2. The fourth-order valence-corrected chi connectivity index (χ4v) is 4.81. The van der Waals surface area contributed by atoms with Crippen molar-refractivity contribution in [2.24, 2.45) is 0 Å². The van der Waals surface area contributed by atoms with Gasteiger partial charge in [-0.15, -0.1) is 0 Å². The van der Waals surface area contributed by atoms with Gasteiger partial charge in [0.2, 0.25) is 10.0 Å². The molecule has 10 heteroatoms. The summed E-state index contributed by atoms with van der Waals surface area (Å²) in [6, 6.07) is 6.14. The molecule has 1 aromatic carbocycles. The summed E-state index contributed by atoms with van der Waals surface area (Å²) in [5.41, 5.74) is 1.58. The minimum atomic E-state index is -3.74. The summed E-state index contributed by atoms with van der Waals surface area (Å²) < 4.78 is 42.2. The predicted molar refractivity (Wildman–Crippen MR) is 103 cm³/mol. The number of aryl methyl sites for hydroxylation is 1. The summed E-state index contributed by atoms with van der Waals surface area (Å²) in [4.78, 5) is 19.0. The Balaban J connectivity index is 1.43. The first kappa shape index (κ1) is 19.5. The molecule has 1 saturated heterocycles. The van der Waals surface area contributed by atoms with Crippen LogP contribution in [0.2, 0.25) is 0 Å². The van der Waals surface area contributed by atoms with Crippen molar-refractivity contribution in [3.63, 3.8) is 0 Å². The Labute approximate surface area is 167 Å². The molecule has 1 aliphatic rings. The summed E-state index contributed by atoms with van der Waals surface area (Å²) >= 11 is 0. The highest BCUT2D eigenvalue weighted by Gasteiger charge is 2.29. The van der Waals surface area contributed by atoms with Gasteiger partial charge in [0.1, 0.15) is 11.4 Å². The van der Waals surface area contributed by atoms with E-state index in [2.05, 4.69) is 14.8 Å². The van der Waals surface area contributed by atoms with Gasteiger partial charge in [-0.2, -0.15) is 5.10 Å². The Bertz CT molecular complexity index is 1150. The van der Waals surface area contributed by atoms with Gasteiger partial charge in [0, 0.05) is 31.5 Å². The predicted octanol–water partition coefficient (Wildman–Crippen LogP) is 1.76. The van der Waals surface area contributed by atoms with Crippen molar-refractivity contribution >= 4 is 21.6 Å². The number of likely N-dealkylation sites (tertiary alicyclic amines) is 1. The van der Waals surface area contributed by atoms with E-state index in [1.54, 1.807) is 34.8 Å². The van der Waals surface area contributed by atoms with Gasteiger partial charge in [-0.1, -0.05) is 0 Å². The molecule has 4 rings (SSSR count). The van der Waals surface area contributed by atoms with E-state index in [1.165, 1.54) is 12.1 Å². The van der Waals surface area contributed by atoms with Crippen LogP contribution in [0.4, 0.5) is 4.39 Å². The van der Waals surface area contributed by atoms with Crippen molar-refractivity contribution < 1.29 is 17.6 Å². The number of nitrogens with one attached hydrogen (secondary N) is 1. The van der Waals surface area contributed by atoms with Gasteiger partial charge >= 0.3 is 0 Å². The lowest BCUT2D eigenvalue weighted by Gasteiger charge is -2.32. The molecule has 1 amide bonds. The van der Waals surface area contributed by atoms with Crippen molar-refractivity contribution in [1.29, 1.82) is 0 Å². The molecule has 0 unspecified atom stereocenters. The number of hydrogen-bond acceptors (Lipinski definition) is 5. The van der Waals surface area contributed by atoms with Crippen molar-refractivity contribution in [2.45, 2.75) is 30.7 Å². The first-order chi connectivity index (χ1) is 13.8. The molecule has 0 saturated carbocycles. The van der Waals surface area contributed by atoms with Crippen LogP contribution in [-0.4, -0.2) is 53.0 Å². The molecule has 1 aliphatic heterocycles. The second-order valence-corrected chi connectivity index (χ2v) is 8.70. The zero-order valence-electron chi connectivity index (χ0n) is 15.7. The number of carbonyl (C=O) groups is 1. The number of fused-ring (bicyclic) bond motifs is 1. The normalized spacial score (nSPS) is 15.7. The van der Waals surface area contributed by atoms with Gasteiger partial charge in [0.25, 0.3) is 5.91 Å². The average molecular weight is 417 g/mol. The number of piperidine rings is 1. The molecule has 3 aromatic rings. The van der Waals surface area contributed by atoms with Crippen molar-refractivity contribution in [1.82, 2.24) is 24.2 Å². The van der Waals surface area contributed by atoms with Crippen LogP contribution in [0.15, 0.2) is 47.6 Å². The largest absolute Gasteiger partial charge is 0.338 e. The van der Waals surface area contributed by atoms with Crippen LogP contribution in [-0.2, 0) is 10.0 Å². The monoisotopic (exact) mass is 417 g/mol. The lowest BCUT2D eigenvalue weighted by Crippen LogP contribution is -2.46. The molecule has 8 nitrogen and oxygen atoms in total. The van der Waals surface area contributed by atoms with Gasteiger partial charge in [0.15, 0.2) is 5.65 Å². The number of halogens is 1. The van der Waals surface area contributed by atoms with E-state index < -0.39 is 15.8 Å². The molecular weight excluding hydrogens is 397 g/mol. The molecule has 0 aliphatic carbocycles. The highest BCUT2D eigenvalue weighted by molar-refractivity contribution is 7.89. The Morgan fingerprint density at radius 1 is 1.21 bits per heavy atom. The third-order valence-electron chi connectivity index (χ3n) is 5.01. The Morgan fingerprint density at radius 3 is 2.59 bits per heavy atom. The Hall–Kier alpha value is -2.85. The minimum Gasteiger partial charge on any atom is -0.338 e. The maximum Gasteiger partial charge on any atom is 0.259 e. The zero-order valence-corrected chi connectivity index (χ0v) is 16.6. The topological polar surface area (TPSA) is 96.7 Å². The maximum atomic E-state index is 13.0. The number of aromatic nitrogens is 3. The molecule has 3 heterocycles. The SMILES string of the molecule is Cc1nn2cccnc2c1C(=O)N1CCC(NS(=O)(=O)c2ccc(F)cc2)CC1. The third kappa shape index (κ3) is 3.85. The highest BCUT2D eigenvalue weighted by Crippen LogP contribution is 2.20. The number of rotatable bonds is 4. The number of nitrogens with zero attached hydrogens (tertiary/aromatic N) is 4. The molecule has 1 N–H and O–H groups in total. The van der Waals surface area contributed by atoms with Crippen molar-refractivity contribution in [3.8, 4) is 0 Å². The van der Waals surface area contributed by atoms with Gasteiger partial charge in [-0.25, -0.2) is 27.0 Å². The summed E-state index contributed by atoms with van der Waals surface area (Å²) in [6.45, 7) is 2.60. The molecule has 152 valence electrons. The summed E-state index contributed by atoms with van der Waals surface area (Å²) in [5, 5.41) is 4.32. The van der Waals surface area contributed by atoms with Gasteiger partial charge in [0.05, 0.1) is 10.6 Å². The van der Waals surface area contributed by atoms with Gasteiger partial charge in [-0.05, 0) is 50.1 Å². The standard InChI is InChI=1S/C19H20FN5O3S/c1-13-17(18-21-9-2-10-25(18)22-13)19(26)24-11-7-15(8-12-24)23-29(27,28)16-5-3-14(20)4-6-16/h2-6,9-10,15,23H,7-8,11-12H2,1H3. The molecule has 29 heavy (non-hydrogen) atoms. The fraction of sp³-hybridized carbons (Fsp3) is 0.316. The van der Waals surface area contributed by atoms with Crippen molar-refractivity contribution in [2.75, 3.05) is 13.1 Å². The van der Waals surface area contributed by atoms with E-state index >= 15 is 0 Å². The second-order valence-electron chi connectivity index (χ2n) is 6.99. The van der Waals surface area contributed by atoms with Gasteiger partial charge in [-0.3, -0.25) is 4.79 Å². The minimum absolute atomic E-state index is 0.0189. The first-order valence-corrected chi connectivity index (χ1v) is 10.7. The van der Waals surface area contributed by atoms with E-state index in [0.717, 1.165) is 12.1 Å². The quantitative estimate of drug-likeness (QED) is 0.698. The lowest BCUT2D eigenvalue weighted by molar-refractivity contribution is 0.0712. The van der Waals surface area contributed by atoms with Crippen molar-refractivity contribution in [3.05, 3.63) is 59.8 Å². The smallest absolute Gasteiger partial charge is 0.259 e.